The Kier molecular flexibility index (Phi) is 3.66. The molecule has 0 radical (unpaired) electrons. The number of nitrogens with zero attached hydrogens (tertiary/aromatic N) is 2. The van der Waals surface area contributed by atoms with E-state index in [4.69, 9.17) is 0 Å². The van der Waals surface area contributed by atoms with Gasteiger partial charge in [-0.25, -0.2) is 0 Å². The standard InChI is InChI=1S/C14H20N2O2/c1-14(2,18)12-5-8-16(10-12)13(17)9-11-3-6-15-7-4-11/h3-4,6-7,12,18H,5,8-10H2,1-2H3/t12-/m0/s1. The normalized spacial score (nSPS) is 20.2. The van der Waals surface area contributed by atoms with Gasteiger partial charge in [-0.3, -0.25) is 9.78 Å². The third kappa shape index (κ3) is 3.07. The summed E-state index contributed by atoms with van der Waals surface area (Å²) in [4.78, 5) is 17.9. The van der Waals surface area contributed by atoms with Crippen LogP contribution in [0.1, 0.15) is 25.8 Å². The third-order valence-corrected chi connectivity index (χ3v) is 3.64. The van der Waals surface area contributed by atoms with Gasteiger partial charge in [-0.2, -0.15) is 0 Å². The number of carbonyl (C=O) groups is 1. The van der Waals surface area contributed by atoms with E-state index in [-0.39, 0.29) is 11.8 Å². The molecule has 1 saturated heterocycles. The number of hydrogen-bond donors (Lipinski definition) is 1. The quantitative estimate of drug-likeness (QED) is 0.875. The second-order valence-electron chi connectivity index (χ2n) is 5.51. The van der Waals surface area contributed by atoms with E-state index >= 15 is 0 Å². The molecule has 0 aromatic carbocycles. The van der Waals surface area contributed by atoms with Crippen LogP contribution in [0.2, 0.25) is 0 Å². The van der Waals surface area contributed by atoms with Crippen LogP contribution in [0.15, 0.2) is 24.5 Å². The van der Waals surface area contributed by atoms with E-state index in [2.05, 4.69) is 4.98 Å². The lowest BCUT2D eigenvalue weighted by atomic mass is 9.90. The number of amides is 1. The van der Waals surface area contributed by atoms with Crippen LogP contribution in [-0.2, 0) is 11.2 Å². The highest BCUT2D eigenvalue weighted by atomic mass is 16.3. The molecule has 1 fully saturated rings. The van der Waals surface area contributed by atoms with Crippen molar-refractivity contribution in [2.24, 2.45) is 5.92 Å². The number of rotatable bonds is 3. The average molecular weight is 248 g/mol. The Hall–Kier alpha value is -1.42. The van der Waals surface area contributed by atoms with Gasteiger partial charge in [-0.15, -0.1) is 0 Å². The number of likely N-dealkylation sites (tertiary alicyclic amines) is 1. The number of aromatic nitrogens is 1. The summed E-state index contributed by atoms with van der Waals surface area (Å²) in [5, 5.41) is 9.96. The topological polar surface area (TPSA) is 53.4 Å². The van der Waals surface area contributed by atoms with Crippen LogP contribution in [0.5, 0.6) is 0 Å². The molecular formula is C14H20N2O2. The fourth-order valence-electron chi connectivity index (χ4n) is 2.35. The van der Waals surface area contributed by atoms with Gasteiger partial charge in [0.05, 0.1) is 12.0 Å². The van der Waals surface area contributed by atoms with Crippen molar-refractivity contribution in [3.8, 4) is 0 Å². The predicted molar refractivity (Wildman–Crippen MR) is 68.9 cm³/mol. The molecule has 0 bridgehead atoms. The Morgan fingerprint density at radius 3 is 2.72 bits per heavy atom. The predicted octanol–water partition coefficient (Wildman–Crippen LogP) is 1.24. The molecule has 2 heterocycles. The summed E-state index contributed by atoms with van der Waals surface area (Å²) >= 11 is 0. The van der Waals surface area contributed by atoms with E-state index in [0.29, 0.717) is 13.0 Å². The zero-order valence-corrected chi connectivity index (χ0v) is 11.0. The van der Waals surface area contributed by atoms with Gasteiger partial charge >= 0.3 is 0 Å². The van der Waals surface area contributed by atoms with Gasteiger partial charge in [-0.1, -0.05) is 0 Å². The summed E-state index contributed by atoms with van der Waals surface area (Å²) in [6, 6.07) is 3.73. The molecule has 1 amide bonds. The Bertz CT molecular complexity index is 412. The van der Waals surface area contributed by atoms with Gasteiger partial charge in [0, 0.05) is 31.4 Å². The van der Waals surface area contributed by atoms with Gasteiger partial charge in [0.15, 0.2) is 0 Å². The first-order valence-electron chi connectivity index (χ1n) is 6.36. The average Bonchev–Trinajstić information content (AvgIpc) is 2.79. The summed E-state index contributed by atoms with van der Waals surface area (Å²) in [6.45, 7) is 5.04. The molecule has 98 valence electrons. The Balaban J connectivity index is 1.92. The second-order valence-corrected chi connectivity index (χ2v) is 5.51. The van der Waals surface area contributed by atoms with Crippen LogP contribution in [0.3, 0.4) is 0 Å². The van der Waals surface area contributed by atoms with Crippen molar-refractivity contribution in [2.45, 2.75) is 32.3 Å². The highest BCUT2D eigenvalue weighted by Gasteiger charge is 2.35. The van der Waals surface area contributed by atoms with Crippen LogP contribution in [0.25, 0.3) is 0 Å². The summed E-state index contributed by atoms with van der Waals surface area (Å²) in [6.07, 6.45) is 4.70. The Labute approximate surface area is 108 Å². The minimum Gasteiger partial charge on any atom is -0.390 e. The number of pyridine rings is 1. The van der Waals surface area contributed by atoms with Crippen molar-refractivity contribution >= 4 is 5.91 Å². The summed E-state index contributed by atoms with van der Waals surface area (Å²) < 4.78 is 0. The molecule has 18 heavy (non-hydrogen) atoms. The number of aliphatic hydroxyl groups is 1. The summed E-state index contributed by atoms with van der Waals surface area (Å²) in [5.74, 6) is 0.312. The zero-order valence-electron chi connectivity index (χ0n) is 11.0. The molecule has 1 aromatic rings. The maximum atomic E-state index is 12.1. The highest BCUT2D eigenvalue weighted by Crippen LogP contribution is 2.27. The summed E-state index contributed by atoms with van der Waals surface area (Å²) in [7, 11) is 0. The minimum atomic E-state index is -0.703. The van der Waals surface area contributed by atoms with Crippen molar-refractivity contribution < 1.29 is 9.90 Å². The van der Waals surface area contributed by atoms with Crippen molar-refractivity contribution in [1.29, 1.82) is 0 Å². The molecule has 0 aliphatic carbocycles. The number of hydrogen-bond acceptors (Lipinski definition) is 3. The van der Waals surface area contributed by atoms with Gasteiger partial charge < -0.3 is 10.0 Å². The van der Waals surface area contributed by atoms with Crippen molar-refractivity contribution in [1.82, 2.24) is 9.88 Å². The van der Waals surface area contributed by atoms with Crippen molar-refractivity contribution in [3.05, 3.63) is 30.1 Å². The number of carbonyl (C=O) groups excluding carboxylic acids is 1. The Morgan fingerprint density at radius 2 is 2.17 bits per heavy atom. The van der Waals surface area contributed by atoms with E-state index in [0.717, 1.165) is 18.5 Å². The highest BCUT2D eigenvalue weighted by molar-refractivity contribution is 5.79. The lowest BCUT2D eigenvalue weighted by Crippen LogP contribution is -2.36. The first kappa shape index (κ1) is 13.0. The van der Waals surface area contributed by atoms with Crippen LogP contribution in [0, 0.1) is 5.92 Å². The fourth-order valence-corrected chi connectivity index (χ4v) is 2.35. The smallest absolute Gasteiger partial charge is 0.227 e. The molecule has 1 aliphatic heterocycles. The SMILES string of the molecule is CC(C)(O)[C@H]1CCN(C(=O)Cc2ccncc2)C1. The van der Waals surface area contributed by atoms with Gasteiger partial charge in [0.2, 0.25) is 5.91 Å². The minimum absolute atomic E-state index is 0.132. The molecule has 4 heteroatoms. The van der Waals surface area contributed by atoms with Gasteiger partial charge in [-0.05, 0) is 38.0 Å². The molecule has 1 atom stereocenters. The molecule has 2 rings (SSSR count). The van der Waals surface area contributed by atoms with E-state index in [1.54, 1.807) is 12.4 Å². The molecule has 4 nitrogen and oxygen atoms in total. The van der Waals surface area contributed by atoms with Crippen LogP contribution in [-0.4, -0.2) is 39.6 Å². The van der Waals surface area contributed by atoms with Crippen LogP contribution < -0.4 is 0 Å². The molecular weight excluding hydrogens is 228 g/mol. The van der Waals surface area contributed by atoms with E-state index in [1.807, 2.05) is 30.9 Å². The van der Waals surface area contributed by atoms with Gasteiger partial charge in [0.1, 0.15) is 0 Å². The third-order valence-electron chi connectivity index (χ3n) is 3.64. The molecule has 1 aliphatic rings. The maximum absolute atomic E-state index is 12.1. The summed E-state index contributed by atoms with van der Waals surface area (Å²) in [5.41, 5.74) is 0.285. The lowest BCUT2D eigenvalue weighted by molar-refractivity contribution is -0.129. The largest absolute Gasteiger partial charge is 0.390 e. The van der Waals surface area contributed by atoms with Gasteiger partial charge in [0.25, 0.3) is 0 Å². The molecule has 0 saturated carbocycles. The second kappa shape index (κ2) is 5.06. The molecule has 0 unspecified atom stereocenters. The first-order valence-corrected chi connectivity index (χ1v) is 6.36. The molecule has 1 N–H and O–H groups in total. The first-order chi connectivity index (χ1) is 8.47. The van der Waals surface area contributed by atoms with E-state index < -0.39 is 5.60 Å². The molecule has 1 aromatic heterocycles. The van der Waals surface area contributed by atoms with Crippen LogP contribution >= 0.6 is 0 Å². The van der Waals surface area contributed by atoms with Crippen molar-refractivity contribution in [3.63, 3.8) is 0 Å². The Morgan fingerprint density at radius 1 is 1.50 bits per heavy atom. The fraction of sp³-hybridized carbons (Fsp3) is 0.571. The lowest BCUT2D eigenvalue weighted by Gasteiger charge is -2.25. The zero-order chi connectivity index (χ0) is 13.2. The van der Waals surface area contributed by atoms with Crippen molar-refractivity contribution in [2.75, 3.05) is 13.1 Å². The maximum Gasteiger partial charge on any atom is 0.227 e. The monoisotopic (exact) mass is 248 g/mol. The van der Waals surface area contributed by atoms with E-state index in [9.17, 15) is 9.90 Å². The van der Waals surface area contributed by atoms with E-state index in [1.165, 1.54) is 0 Å². The van der Waals surface area contributed by atoms with Crippen LogP contribution in [0.4, 0.5) is 0 Å². The molecule has 0 spiro atoms.